The highest BCUT2D eigenvalue weighted by Crippen LogP contribution is 2.44. The monoisotopic (exact) mass is 347 g/mol. The summed E-state index contributed by atoms with van der Waals surface area (Å²) >= 11 is 0. The van der Waals surface area contributed by atoms with E-state index in [4.69, 9.17) is 0 Å². The number of aryl methyl sites for hydroxylation is 2. The number of anilines is 1. The zero-order chi connectivity index (χ0) is 19.0. The van der Waals surface area contributed by atoms with Crippen LogP contribution in [0, 0.1) is 31.1 Å². The molecule has 1 aromatic carbocycles. The zero-order valence-electron chi connectivity index (χ0n) is 16.1. The van der Waals surface area contributed by atoms with E-state index in [1.807, 2.05) is 24.0 Å². The van der Waals surface area contributed by atoms with Gasteiger partial charge in [0.05, 0.1) is 11.3 Å². The Hall–Kier alpha value is -2.67. The maximum absolute atomic E-state index is 12.3. The van der Waals surface area contributed by atoms with Crippen LogP contribution in [-0.2, 0) is 11.2 Å². The highest BCUT2D eigenvalue weighted by atomic mass is 16.2. The van der Waals surface area contributed by atoms with Crippen molar-refractivity contribution in [3.05, 3.63) is 58.4 Å². The predicted molar refractivity (Wildman–Crippen MR) is 103 cm³/mol. The van der Waals surface area contributed by atoms with Gasteiger partial charge in [0, 0.05) is 24.3 Å². The molecular weight excluding hydrogens is 322 g/mol. The van der Waals surface area contributed by atoms with Crippen LogP contribution in [-0.4, -0.2) is 16.9 Å². The molecule has 0 saturated carbocycles. The lowest BCUT2D eigenvalue weighted by atomic mass is 9.74. The van der Waals surface area contributed by atoms with Crippen molar-refractivity contribution in [1.29, 1.82) is 5.26 Å². The van der Waals surface area contributed by atoms with Crippen LogP contribution in [0.5, 0.6) is 0 Å². The maximum Gasteiger partial charge on any atom is 0.224 e. The highest BCUT2D eigenvalue weighted by Gasteiger charge is 2.38. The molecule has 26 heavy (non-hydrogen) atoms. The number of hydrogen-bond acceptors (Lipinski definition) is 3. The second-order valence-electron chi connectivity index (χ2n) is 7.42. The van der Waals surface area contributed by atoms with Gasteiger partial charge in [0.25, 0.3) is 0 Å². The molecular formula is C22H25N3O. The SMILES string of the molecule is CC(=O)N1c2ccc(C)cc2[C@H](Cc2nc(C)ccc2C#N)[C@@H](C)[C@@H]1C. The standard InChI is InChI=1S/C22H25N3O/c1-13-6-9-22-20(10-13)19(15(3)16(4)25(22)17(5)26)11-21-18(12-23)8-7-14(2)24-21/h6-10,15-16,19H,11H2,1-5H3/t15-,16-,19+/m0/s1. The average molecular weight is 347 g/mol. The highest BCUT2D eigenvalue weighted by molar-refractivity contribution is 5.93. The van der Waals surface area contributed by atoms with Gasteiger partial charge in [-0.1, -0.05) is 24.6 Å². The minimum Gasteiger partial charge on any atom is -0.309 e. The van der Waals surface area contributed by atoms with Crippen molar-refractivity contribution >= 4 is 11.6 Å². The normalized spacial score (nSPS) is 21.8. The lowest BCUT2D eigenvalue weighted by Crippen LogP contribution is -2.47. The molecule has 3 atom stereocenters. The molecule has 1 aromatic heterocycles. The van der Waals surface area contributed by atoms with Crippen molar-refractivity contribution < 1.29 is 4.79 Å². The number of rotatable bonds is 2. The van der Waals surface area contributed by atoms with E-state index in [1.54, 1.807) is 6.92 Å². The van der Waals surface area contributed by atoms with Crippen molar-refractivity contribution in [2.75, 3.05) is 4.90 Å². The van der Waals surface area contributed by atoms with Crippen LogP contribution in [0.2, 0.25) is 0 Å². The molecule has 0 fully saturated rings. The van der Waals surface area contributed by atoms with E-state index in [2.05, 4.69) is 50.0 Å². The van der Waals surface area contributed by atoms with Crippen LogP contribution in [0.15, 0.2) is 30.3 Å². The second-order valence-corrected chi connectivity index (χ2v) is 7.42. The Bertz CT molecular complexity index is 897. The largest absolute Gasteiger partial charge is 0.309 e. The van der Waals surface area contributed by atoms with Gasteiger partial charge < -0.3 is 4.90 Å². The van der Waals surface area contributed by atoms with Gasteiger partial charge in [0.2, 0.25) is 5.91 Å². The molecule has 2 heterocycles. The quantitative estimate of drug-likeness (QED) is 0.814. The van der Waals surface area contributed by atoms with E-state index in [1.165, 1.54) is 11.1 Å². The maximum atomic E-state index is 12.3. The Morgan fingerprint density at radius 1 is 1.23 bits per heavy atom. The molecule has 0 radical (unpaired) electrons. The number of amides is 1. The summed E-state index contributed by atoms with van der Waals surface area (Å²) in [4.78, 5) is 18.8. The number of hydrogen-bond donors (Lipinski definition) is 0. The fraction of sp³-hybridized carbons (Fsp3) is 0.409. The topological polar surface area (TPSA) is 57.0 Å². The number of carbonyl (C=O) groups excluding carboxylic acids is 1. The molecule has 0 bridgehead atoms. The van der Waals surface area contributed by atoms with Gasteiger partial charge in [-0.15, -0.1) is 0 Å². The van der Waals surface area contributed by atoms with E-state index in [-0.39, 0.29) is 23.8 Å². The molecule has 134 valence electrons. The minimum atomic E-state index is 0.0688. The Morgan fingerprint density at radius 2 is 1.96 bits per heavy atom. The van der Waals surface area contributed by atoms with Crippen molar-refractivity contribution in [2.45, 2.75) is 53.0 Å². The first kappa shape index (κ1) is 18.1. The van der Waals surface area contributed by atoms with Gasteiger partial charge in [0.1, 0.15) is 6.07 Å². The molecule has 4 nitrogen and oxygen atoms in total. The molecule has 0 saturated heterocycles. The Morgan fingerprint density at radius 3 is 2.62 bits per heavy atom. The van der Waals surface area contributed by atoms with E-state index in [9.17, 15) is 10.1 Å². The molecule has 4 heteroatoms. The first-order valence-electron chi connectivity index (χ1n) is 9.10. The number of fused-ring (bicyclic) bond motifs is 1. The van der Waals surface area contributed by atoms with Crippen LogP contribution >= 0.6 is 0 Å². The third-order valence-corrected chi connectivity index (χ3v) is 5.63. The lowest BCUT2D eigenvalue weighted by Gasteiger charge is -2.44. The summed E-state index contributed by atoms with van der Waals surface area (Å²) in [6, 6.07) is 12.4. The molecule has 0 unspecified atom stereocenters. The summed E-state index contributed by atoms with van der Waals surface area (Å²) in [5, 5.41) is 9.47. The molecule has 1 aliphatic rings. The third kappa shape index (κ3) is 3.10. The van der Waals surface area contributed by atoms with E-state index in [0.717, 1.165) is 17.1 Å². The zero-order valence-corrected chi connectivity index (χ0v) is 16.1. The summed E-state index contributed by atoms with van der Waals surface area (Å²) in [5.41, 5.74) is 5.75. The molecule has 2 aromatic rings. The number of aromatic nitrogens is 1. The molecule has 0 spiro atoms. The second kappa shape index (κ2) is 6.92. The predicted octanol–water partition coefficient (Wildman–Crippen LogP) is 4.29. The number of nitrogens with zero attached hydrogens (tertiary/aromatic N) is 3. The van der Waals surface area contributed by atoms with Crippen LogP contribution in [0.25, 0.3) is 0 Å². The van der Waals surface area contributed by atoms with Gasteiger partial charge in [-0.2, -0.15) is 5.26 Å². The molecule has 1 amide bonds. The van der Waals surface area contributed by atoms with Crippen molar-refractivity contribution in [3.8, 4) is 6.07 Å². The molecule has 3 rings (SSSR count). The molecule has 0 N–H and O–H groups in total. The summed E-state index contributed by atoms with van der Waals surface area (Å²) < 4.78 is 0. The van der Waals surface area contributed by atoms with Gasteiger partial charge in [0.15, 0.2) is 0 Å². The fourth-order valence-corrected chi connectivity index (χ4v) is 4.09. The number of carbonyl (C=O) groups is 1. The number of pyridine rings is 1. The van der Waals surface area contributed by atoms with Gasteiger partial charge in [-0.05, 0) is 62.8 Å². The Labute approximate surface area is 155 Å². The molecule has 1 aliphatic heterocycles. The van der Waals surface area contributed by atoms with Gasteiger partial charge in [-0.25, -0.2) is 0 Å². The summed E-state index contributed by atoms with van der Waals surface area (Å²) in [5.74, 6) is 0.554. The fourth-order valence-electron chi connectivity index (χ4n) is 4.09. The van der Waals surface area contributed by atoms with Crippen molar-refractivity contribution in [2.24, 2.45) is 5.92 Å². The first-order chi connectivity index (χ1) is 12.3. The van der Waals surface area contributed by atoms with E-state index in [0.29, 0.717) is 12.0 Å². The summed E-state index contributed by atoms with van der Waals surface area (Å²) in [7, 11) is 0. The Balaban J connectivity index is 2.11. The summed E-state index contributed by atoms with van der Waals surface area (Å²) in [6.07, 6.45) is 0.707. The van der Waals surface area contributed by atoms with Crippen LogP contribution in [0.3, 0.4) is 0 Å². The van der Waals surface area contributed by atoms with E-state index < -0.39 is 0 Å². The number of benzene rings is 1. The summed E-state index contributed by atoms with van der Waals surface area (Å²) in [6.45, 7) is 9.95. The minimum absolute atomic E-state index is 0.0688. The smallest absolute Gasteiger partial charge is 0.224 e. The average Bonchev–Trinajstić information content (AvgIpc) is 2.59. The number of nitriles is 1. The third-order valence-electron chi connectivity index (χ3n) is 5.63. The van der Waals surface area contributed by atoms with E-state index >= 15 is 0 Å². The lowest BCUT2D eigenvalue weighted by molar-refractivity contribution is -0.117. The van der Waals surface area contributed by atoms with Crippen molar-refractivity contribution in [1.82, 2.24) is 4.98 Å². The first-order valence-corrected chi connectivity index (χ1v) is 9.10. The van der Waals surface area contributed by atoms with Crippen LogP contribution in [0.4, 0.5) is 5.69 Å². The Kier molecular flexibility index (Phi) is 4.82. The van der Waals surface area contributed by atoms with Crippen molar-refractivity contribution in [3.63, 3.8) is 0 Å². The van der Waals surface area contributed by atoms with Gasteiger partial charge >= 0.3 is 0 Å². The van der Waals surface area contributed by atoms with Gasteiger partial charge in [-0.3, -0.25) is 9.78 Å². The molecule has 0 aliphatic carbocycles. The van der Waals surface area contributed by atoms with Crippen LogP contribution in [0.1, 0.15) is 54.8 Å². The van der Waals surface area contributed by atoms with Crippen LogP contribution < -0.4 is 4.90 Å².